The fourth-order valence-electron chi connectivity index (χ4n) is 2.05. The van der Waals surface area contributed by atoms with E-state index < -0.39 is 10.0 Å². The van der Waals surface area contributed by atoms with Crippen LogP contribution in [0, 0.1) is 0 Å². The highest BCUT2D eigenvalue weighted by Gasteiger charge is 2.14. The number of aromatic nitrogens is 2. The summed E-state index contributed by atoms with van der Waals surface area (Å²) in [5.41, 5.74) is 0.767. The number of ether oxygens (including phenoxy) is 2. The van der Waals surface area contributed by atoms with Crippen molar-refractivity contribution < 1.29 is 17.9 Å². The fraction of sp³-hybridized carbons (Fsp3) is 0.286. The standard InChI is InChI=1S/C14H16N4O4S/c1-2-7-23(19,20)18-14-6-5-13(16-17-14)15-10-3-4-11-12(8-10)22-9-21-11/h3-6,8H,2,7,9H2,1H3,(H,15,16)(H,17,18). The average molecular weight is 336 g/mol. The first-order valence-electron chi connectivity index (χ1n) is 7.06. The molecule has 0 spiro atoms. The van der Waals surface area contributed by atoms with Gasteiger partial charge in [-0.1, -0.05) is 6.92 Å². The summed E-state index contributed by atoms with van der Waals surface area (Å²) in [5.74, 6) is 2.08. The van der Waals surface area contributed by atoms with Crippen LogP contribution < -0.4 is 19.5 Å². The molecule has 0 radical (unpaired) electrons. The van der Waals surface area contributed by atoms with Crippen molar-refractivity contribution in [2.45, 2.75) is 13.3 Å². The lowest BCUT2D eigenvalue weighted by atomic mass is 10.3. The van der Waals surface area contributed by atoms with E-state index in [-0.39, 0.29) is 18.4 Å². The van der Waals surface area contributed by atoms with Crippen LogP contribution in [-0.2, 0) is 10.0 Å². The second-order valence-electron chi connectivity index (χ2n) is 4.92. The second kappa shape index (κ2) is 6.29. The summed E-state index contributed by atoms with van der Waals surface area (Å²) in [6.07, 6.45) is 0.534. The first-order chi connectivity index (χ1) is 11.1. The lowest BCUT2D eigenvalue weighted by molar-refractivity contribution is 0.174. The van der Waals surface area contributed by atoms with Gasteiger partial charge in [0.15, 0.2) is 23.1 Å². The van der Waals surface area contributed by atoms with Gasteiger partial charge in [-0.2, -0.15) is 0 Å². The van der Waals surface area contributed by atoms with Crippen LogP contribution in [0.3, 0.4) is 0 Å². The quantitative estimate of drug-likeness (QED) is 0.832. The monoisotopic (exact) mass is 336 g/mol. The average Bonchev–Trinajstić information content (AvgIpc) is 2.96. The van der Waals surface area contributed by atoms with E-state index in [0.29, 0.717) is 23.7 Å². The molecule has 2 aromatic rings. The van der Waals surface area contributed by atoms with E-state index in [1.165, 1.54) is 0 Å². The minimum Gasteiger partial charge on any atom is -0.454 e. The predicted molar refractivity (Wildman–Crippen MR) is 85.6 cm³/mol. The number of benzene rings is 1. The van der Waals surface area contributed by atoms with Gasteiger partial charge < -0.3 is 14.8 Å². The van der Waals surface area contributed by atoms with Crippen LogP contribution >= 0.6 is 0 Å². The molecule has 3 rings (SSSR count). The molecular weight excluding hydrogens is 320 g/mol. The van der Waals surface area contributed by atoms with Crippen LogP contribution in [0.1, 0.15) is 13.3 Å². The summed E-state index contributed by atoms with van der Waals surface area (Å²) in [5, 5.41) is 10.9. The third kappa shape index (κ3) is 3.81. The van der Waals surface area contributed by atoms with Gasteiger partial charge in [0, 0.05) is 11.8 Å². The highest BCUT2D eigenvalue weighted by molar-refractivity contribution is 7.92. The van der Waals surface area contributed by atoms with Crippen LogP contribution in [-0.4, -0.2) is 31.2 Å². The van der Waals surface area contributed by atoms with Gasteiger partial charge in [-0.05, 0) is 30.7 Å². The molecule has 0 bridgehead atoms. The van der Waals surface area contributed by atoms with Crippen LogP contribution in [0.15, 0.2) is 30.3 Å². The Labute approximate surface area is 133 Å². The van der Waals surface area contributed by atoms with Crippen LogP contribution in [0.25, 0.3) is 0 Å². The van der Waals surface area contributed by atoms with Gasteiger partial charge in [0.1, 0.15) is 0 Å². The number of rotatable bonds is 6. The largest absolute Gasteiger partial charge is 0.454 e. The summed E-state index contributed by atoms with van der Waals surface area (Å²) in [7, 11) is -3.37. The molecule has 0 unspecified atom stereocenters. The van der Waals surface area contributed by atoms with Crippen molar-refractivity contribution in [2.24, 2.45) is 0 Å². The number of hydrogen-bond donors (Lipinski definition) is 2. The molecule has 2 N–H and O–H groups in total. The van der Waals surface area contributed by atoms with Gasteiger partial charge in [0.25, 0.3) is 0 Å². The Balaban J connectivity index is 1.68. The van der Waals surface area contributed by atoms with Gasteiger partial charge in [0.2, 0.25) is 16.8 Å². The maximum absolute atomic E-state index is 11.7. The number of sulfonamides is 1. The molecule has 0 saturated heterocycles. The van der Waals surface area contributed by atoms with Crippen molar-refractivity contribution in [3.8, 4) is 11.5 Å². The molecule has 1 aliphatic rings. The lowest BCUT2D eigenvalue weighted by Gasteiger charge is -2.08. The Morgan fingerprint density at radius 2 is 1.83 bits per heavy atom. The molecule has 0 saturated carbocycles. The smallest absolute Gasteiger partial charge is 0.233 e. The molecule has 0 amide bonds. The number of hydrogen-bond acceptors (Lipinski definition) is 7. The van der Waals surface area contributed by atoms with Crippen molar-refractivity contribution in [1.82, 2.24) is 10.2 Å². The van der Waals surface area contributed by atoms with E-state index in [0.717, 1.165) is 5.69 Å². The fourth-order valence-corrected chi connectivity index (χ4v) is 3.12. The van der Waals surface area contributed by atoms with E-state index in [9.17, 15) is 8.42 Å². The second-order valence-corrected chi connectivity index (χ2v) is 6.76. The maximum Gasteiger partial charge on any atom is 0.233 e. The highest BCUT2D eigenvalue weighted by Crippen LogP contribution is 2.34. The topological polar surface area (TPSA) is 102 Å². The minimum absolute atomic E-state index is 0.0475. The zero-order valence-electron chi connectivity index (χ0n) is 12.4. The normalized spacial score (nSPS) is 12.9. The van der Waals surface area contributed by atoms with Crippen molar-refractivity contribution in [3.05, 3.63) is 30.3 Å². The molecule has 23 heavy (non-hydrogen) atoms. The number of fused-ring (bicyclic) bond motifs is 1. The van der Waals surface area contributed by atoms with Crippen molar-refractivity contribution in [3.63, 3.8) is 0 Å². The summed E-state index contributed by atoms with van der Waals surface area (Å²) >= 11 is 0. The molecule has 1 aromatic carbocycles. The Bertz CT molecular complexity index is 793. The van der Waals surface area contributed by atoms with E-state index in [2.05, 4.69) is 20.2 Å². The van der Waals surface area contributed by atoms with Gasteiger partial charge in [0.05, 0.1) is 5.75 Å². The number of anilines is 3. The van der Waals surface area contributed by atoms with Gasteiger partial charge >= 0.3 is 0 Å². The first-order valence-corrected chi connectivity index (χ1v) is 8.72. The predicted octanol–water partition coefficient (Wildman–Crippen LogP) is 2.10. The highest BCUT2D eigenvalue weighted by atomic mass is 32.2. The Kier molecular flexibility index (Phi) is 4.20. The zero-order valence-corrected chi connectivity index (χ0v) is 13.3. The van der Waals surface area contributed by atoms with Gasteiger partial charge in [-0.15, -0.1) is 10.2 Å². The Hall–Kier alpha value is -2.55. The molecule has 0 aliphatic carbocycles. The molecule has 0 fully saturated rings. The number of nitrogens with zero attached hydrogens (tertiary/aromatic N) is 2. The lowest BCUT2D eigenvalue weighted by Crippen LogP contribution is -2.17. The molecule has 2 heterocycles. The summed E-state index contributed by atoms with van der Waals surface area (Å²) in [6, 6.07) is 8.61. The molecular formula is C14H16N4O4S. The van der Waals surface area contributed by atoms with Crippen molar-refractivity contribution >= 4 is 27.3 Å². The Morgan fingerprint density at radius 1 is 1.09 bits per heavy atom. The minimum atomic E-state index is -3.37. The van der Waals surface area contributed by atoms with E-state index in [1.807, 2.05) is 6.07 Å². The van der Waals surface area contributed by atoms with Crippen LogP contribution in [0.2, 0.25) is 0 Å². The molecule has 1 aliphatic heterocycles. The zero-order chi connectivity index (χ0) is 16.3. The maximum atomic E-state index is 11.7. The third-order valence-corrected chi connectivity index (χ3v) is 4.51. The molecule has 9 heteroatoms. The summed E-state index contributed by atoms with van der Waals surface area (Å²) < 4.78 is 36.2. The van der Waals surface area contributed by atoms with Crippen LogP contribution in [0.4, 0.5) is 17.3 Å². The van der Waals surface area contributed by atoms with E-state index in [4.69, 9.17) is 9.47 Å². The number of nitrogens with one attached hydrogen (secondary N) is 2. The molecule has 122 valence electrons. The van der Waals surface area contributed by atoms with E-state index >= 15 is 0 Å². The van der Waals surface area contributed by atoms with Gasteiger partial charge in [-0.3, -0.25) is 4.72 Å². The van der Waals surface area contributed by atoms with Gasteiger partial charge in [-0.25, -0.2) is 8.42 Å². The SMILES string of the molecule is CCCS(=O)(=O)Nc1ccc(Nc2ccc3c(c2)OCO3)nn1. The Morgan fingerprint density at radius 3 is 2.57 bits per heavy atom. The summed E-state index contributed by atoms with van der Waals surface area (Å²) in [4.78, 5) is 0. The van der Waals surface area contributed by atoms with E-state index in [1.54, 1.807) is 31.2 Å². The molecule has 1 aromatic heterocycles. The summed E-state index contributed by atoms with van der Waals surface area (Å²) in [6.45, 7) is 2.01. The molecule has 0 atom stereocenters. The third-order valence-electron chi connectivity index (χ3n) is 3.04. The van der Waals surface area contributed by atoms with Crippen LogP contribution in [0.5, 0.6) is 11.5 Å². The first kappa shape index (κ1) is 15.3. The van der Waals surface area contributed by atoms with Crippen molar-refractivity contribution in [1.29, 1.82) is 0 Å². The molecule has 8 nitrogen and oxygen atoms in total. The van der Waals surface area contributed by atoms with Crippen molar-refractivity contribution in [2.75, 3.05) is 22.6 Å².